The van der Waals surface area contributed by atoms with Crippen LogP contribution in [-0.2, 0) is 4.79 Å². The predicted octanol–water partition coefficient (Wildman–Crippen LogP) is 3.54. The van der Waals surface area contributed by atoms with E-state index in [2.05, 4.69) is 31.2 Å². The molecule has 1 atom stereocenters. The molecule has 1 aromatic carbocycles. The lowest BCUT2D eigenvalue weighted by atomic mass is 9.93. The van der Waals surface area contributed by atoms with Crippen LogP contribution >= 0.6 is 0 Å². The first-order chi connectivity index (χ1) is 16.1. The summed E-state index contributed by atoms with van der Waals surface area (Å²) >= 11 is 0. The molecule has 33 heavy (non-hydrogen) atoms. The van der Waals surface area contributed by atoms with Crippen molar-refractivity contribution < 1.29 is 9.18 Å². The minimum atomic E-state index is -0.219. The van der Waals surface area contributed by atoms with E-state index >= 15 is 0 Å². The molecule has 1 aliphatic carbocycles. The Bertz CT molecular complexity index is 942. The second-order valence-corrected chi connectivity index (χ2v) is 9.52. The summed E-state index contributed by atoms with van der Waals surface area (Å²) in [7, 11) is 0. The molecule has 1 amide bonds. The number of amides is 1. The molecule has 2 aliphatic heterocycles. The summed E-state index contributed by atoms with van der Waals surface area (Å²) in [6.45, 7) is 5.00. The summed E-state index contributed by atoms with van der Waals surface area (Å²) < 4.78 is 13.2. The van der Waals surface area contributed by atoms with Gasteiger partial charge in [-0.05, 0) is 62.3 Å². The standard InChI is InChI=1S/C25H33FN6O/c26-20-4-8-22(9-5-20)30-12-14-31(15-13-30)25(33)10-3-19-2-1-11-32(17-19)24-16-23(27-18-28-24)29-21-6-7-21/h4-5,8-9,16,18-19,21H,1-3,6-7,10-15,17H2,(H,27,28,29). The van der Waals surface area contributed by atoms with E-state index in [0.29, 0.717) is 18.4 Å². The Hall–Kier alpha value is -2.90. The Balaban J connectivity index is 1.08. The topological polar surface area (TPSA) is 64.6 Å². The molecule has 1 saturated carbocycles. The van der Waals surface area contributed by atoms with Gasteiger partial charge in [0.2, 0.25) is 5.91 Å². The number of hydrogen-bond acceptors (Lipinski definition) is 6. The van der Waals surface area contributed by atoms with Crippen molar-refractivity contribution in [1.82, 2.24) is 14.9 Å². The third kappa shape index (κ3) is 5.72. The fraction of sp³-hybridized carbons (Fsp3) is 0.560. The van der Waals surface area contributed by atoms with Gasteiger partial charge >= 0.3 is 0 Å². The highest BCUT2D eigenvalue weighted by molar-refractivity contribution is 5.76. The van der Waals surface area contributed by atoms with E-state index in [9.17, 15) is 9.18 Å². The number of piperidine rings is 1. The molecular weight excluding hydrogens is 419 g/mol. The van der Waals surface area contributed by atoms with Crippen molar-refractivity contribution in [3.63, 3.8) is 0 Å². The number of carbonyl (C=O) groups excluding carboxylic acids is 1. The Labute approximate surface area is 195 Å². The van der Waals surface area contributed by atoms with Crippen LogP contribution in [0.15, 0.2) is 36.7 Å². The van der Waals surface area contributed by atoms with Crippen molar-refractivity contribution in [2.45, 2.75) is 44.6 Å². The molecule has 1 aromatic heterocycles. The number of benzene rings is 1. The molecule has 5 rings (SSSR count). The molecule has 0 radical (unpaired) electrons. The molecule has 7 nitrogen and oxygen atoms in total. The van der Waals surface area contributed by atoms with Gasteiger partial charge in [-0.25, -0.2) is 14.4 Å². The highest BCUT2D eigenvalue weighted by Crippen LogP contribution is 2.28. The molecule has 0 bridgehead atoms. The monoisotopic (exact) mass is 452 g/mol. The number of carbonyl (C=O) groups is 1. The zero-order valence-electron chi connectivity index (χ0n) is 19.1. The lowest BCUT2D eigenvalue weighted by Gasteiger charge is -2.37. The second kappa shape index (κ2) is 9.93. The molecule has 1 unspecified atom stereocenters. The Morgan fingerprint density at radius 3 is 2.55 bits per heavy atom. The molecule has 0 spiro atoms. The Kier molecular flexibility index (Phi) is 6.60. The van der Waals surface area contributed by atoms with Crippen LogP contribution in [0.2, 0.25) is 0 Å². The van der Waals surface area contributed by atoms with Crippen molar-refractivity contribution in [3.8, 4) is 0 Å². The van der Waals surface area contributed by atoms with E-state index in [-0.39, 0.29) is 11.7 Å². The highest BCUT2D eigenvalue weighted by atomic mass is 19.1. The van der Waals surface area contributed by atoms with Gasteiger partial charge in [-0.2, -0.15) is 0 Å². The molecule has 2 saturated heterocycles. The number of rotatable bonds is 7. The second-order valence-electron chi connectivity index (χ2n) is 9.52. The van der Waals surface area contributed by atoms with Gasteiger partial charge in [-0.1, -0.05) is 0 Å². The van der Waals surface area contributed by atoms with Crippen molar-refractivity contribution >= 4 is 23.2 Å². The van der Waals surface area contributed by atoms with E-state index in [1.807, 2.05) is 17.0 Å². The van der Waals surface area contributed by atoms with E-state index < -0.39 is 0 Å². The third-order valence-corrected chi connectivity index (χ3v) is 7.02. The van der Waals surface area contributed by atoms with Crippen LogP contribution in [0.4, 0.5) is 21.7 Å². The summed E-state index contributed by atoms with van der Waals surface area (Å²) in [5.41, 5.74) is 1.02. The first-order valence-electron chi connectivity index (χ1n) is 12.3. The van der Waals surface area contributed by atoms with Crippen LogP contribution in [0, 0.1) is 11.7 Å². The predicted molar refractivity (Wildman–Crippen MR) is 128 cm³/mol. The summed E-state index contributed by atoms with van der Waals surface area (Å²) in [5, 5.41) is 3.45. The smallest absolute Gasteiger partial charge is 0.222 e. The summed E-state index contributed by atoms with van der Waals surface area (Å²) in [6, 6.07) is 9.24. The molecule has 3 fully saturated rings. The van der Waals surface area contributed by atoms with Crippen LogP contribution in [0.5, 0.6) is 0 Å². The van der Waals surface area contributed by atoms with Gasteiger partial charge in [0.25, 0.3) is 0 Å². The maximum atomic E-state index is 13.2. The number of hydrogen-bond donors (Lipinski definition) is 1. The molecule has 176 valence electrons. The maximum Gasteiger partial charge on any atom is 0.222 e. The molecule has 3 aliphatic rings. The average molecular weight is 453 g/mol. The number of piperazine rings is 1. The lowest BCUT2D eigenvalue weighted by molar-refractivity contribution is -0.131. The first-order valence-corrected chi connectivity index (χ1v) is 12.3. The maximum absolute atomic E-state index is 13.2. The number of aromatic nitrogens is 2. The Morgan fingerprint density at radius 2 is 1.79 bits per heavy atom. The minimum Gasteiger partial charge on any atom is -0.368 e. The zero-order chi connectivity index (χ0) is 22.6. The van der Waals surface area contributed by atoms with Gasteiger partial charge in [0, 0.05) is 63.5 Å². The summed E-state index contributed by atoms with van der Waals surface area (Å²) in [5.74, 6) is 2.45. The van der Waals surface area contributed by atoms with E-state index in [1.54, 1.807) is 6.33 Å². The Morgan fingerprint density at radius 1 is 1.00 bits per heavy atom. The zero-order valence-corrected chi connectivity index (χ0v) is 19.1. The van der Waals surface area contributed by atoms with E-state index in [1.165, 1.54) is 31.4 Å². The highest BCUT2D eigenvalue weighted by Gasteiger charge is 2.26. The van der Waals surface area contributed by atoms with Crippen molar-refractivity contribution in [2.75, 3.05) is 54.4 Å². The van der Waals surface area contributed by atoms with Gasteiger partial charge in [0.15, 0.2) is 0 Å². The normalized spacial score (nSPS) is 21.2. The van der Waals surface area contributed by atoms with Crippen molar-refractivity contribution in [3.05, 3.63) is 42.5 Å². The summed E-state index contributed by atoms with van der Waals surface area (Å²) in [4.78, 5) is 28.3. The number of halogens is 1. The lowest BCUT2D eigenvalue weighted by Crippen LogP contribution is -2.49. The van der Waals surface area contributed by atoms with Crippen LogP contribution in [0.25, 0.3) is 0 Å². The van der Waals surface area contributed by atoms with Gasteiger partial charge < -0.3 is 20.0 Å². The number of anilines is 3. The van der Waals surface area contributed by atoms with Gasteiger partial charge in [0.05, 0.1) is 0 Å². The average Bonchev–Trinajstić information content (AvgIpc) is 3.67. The van der Waals surface area contributed by atoms with E-state index in [0.717, 1.165) is 69.4 Å². The van der Waals surface area contributed by atoms with Crippen LogP contribution in [0.1, 0.15) is 38.5 Å². The minimum absolute atomic E-state index is 0.219. The molecular formula is C25H33FN6O. The molecule has 2 aromatic rings. The van der Waals surface area contributed by atoms with Crippen molar-refractivity contribution in [1.29, 1.82) is 0 Å². The van der Waals surface area contributed by atoms with Crippen LogP contribution < -0.4 is 15.1 Å². The van der Waals surface area contributed by atoms with Gasteiger partial charge in [0.1, 0.15) is 23.8 Å². The quantitative estimate of drug-likeness (QED) is 0.693. The van der Waals surface area contributed by atoms with Crippen LogP contribution in [-0.4, -0.2) is 66.1 Å². The van der Waals surface area contributed by atoms with Gasteiger partial charge in [-0.15, -0.1) is 0 Å². The van der Waals surface area contributed by atoms with Crippen molar-refractivity contribution in [2.24, 2.45) is 5.92 Å². The first kappa shape index (κ1) is 21.9. The fourth-order valence-corrected chi connectivity index (χ4v) is 4.90. The van der Waals surface area contributed by atoms with Crippen LogP contribution in [0.3, 0.4) is 0 Å². The largest absolute Gasteiger partial charge is 0.368 e. The fourth-order valence-electron chi connectivity index (χ4n) is 4.90. The molecule has 3 heterocycles. The SMILES string of the molecule is O=C(CCC1CCCN(c2cc(NC3CC3)ncn2)C1)N1CCN(c2ccc(F)cc2)CC1. The van der Waals surface area contributed by atoms with Gasteiger partial charge in [-0.3, -0.25) is 4.79 Å². The summed E-state index contributed by atoms with van der Waals surface area (Å²) in [6.07, 6.45) is 7.92. The number of nitrogens with zero attached hydrogens (tertiary/aromatic N) is 5. The molecule has 8 heteroatoms. The molecule has 1 N–H and O–H groups in total. The third-order valence-electron chi connectivity index (χ3n) is 7.02. The number of nitrogens with one attached hydrogen (secondary N) is 1. The van der Waals surface area contributed by atoms with E-state index in [4.69, 9.17) is 0 Å².